The van der Waals surface area contributed by atoms with Gasteiger partial charge in [-0.2, -0.15) is 0 Å². The highest BCUT2D eigenvalue weighted by Crippen LogP contribution is 2.29. The van der Waals surface area contributed by atoms with Crippen molar-refractivity contribution in [1.82, 2.24) is 0 Å². The van der Waals surface area contributed by atoms with Crippen LogP contribution in [0.25, 0.3) is 0 Å². The number of aliphatic hydroxyl groups excluding tert-OH is 1. The number of ether oxygens (including phenoxy) is 1. The Bertz CT molecular complexity index is 367. The maximum absolute atomic E-state index is 10.6. The number of benzene rings is 1. The number of nitrogens with zero attached hydrogens (tertiary/aromatic N) is 1. The van der Waals surface area contributed by atoms with Gasteiger partial charge in [-0.1, -0.05) is 0 Å². The number of halogens is 1. The first kappa shape index (κ1) is 11.2. The van der Waals surface area contributed by atoms with Gasteiger partial charge in [0.25, 0.3) is 5.69 Å². The second-order valence-corrected chi connectivity index (χ2v) is 3.69. The van der Waals surface area contributed by atoms with Crippen molar-refractivity contribution >= 4 is 28.3 Å². The molecule has 0 aromatic heterocycles. The van der Waals surface area contributed by atoms with Crippen LogP contribution in [-0.2, 0) is 6.61 Å². The van der Waals surface area contributed by atoms with Gasteiger partial charge in [0.05, 0.1) is 27.8 Å². The Balaban J connectivity index is 3.31. The molecule has 0 aliphatic heterocycles. The minimum Gasteiger partial charge on any atom is -0.496 e. The van der Waals surface area contributed by atoms with E-state index in [2.05, 4.69) is 0 Å². The van der Waals surface area contributed by atoms with Crippen LogP contribution >= 0.6 is 22.6 Å². The molecule has 76 valence electrons. The predicted molar refractivity (Wildman–Crippen MR) is 58.3 cm³/mol. The third kappa shape index (κ3) is 2.13. The Morgan fingerprint density at radius 3 is 2.71 bits per heavy atom. The standard InChI is InChI=1S/C8H8INO4/c1-14-8-2-5(4-11)7(10(12)13)3-6(8)9/h2-3,11H,4H2,1H3. The van der Waals surface area contributed by atoms with Gasteiger partial charge in [-0.3, -0.25) is 10.1 Å². The van der Waals surface area contributed by atoms with Crippen molar-refractivity contribution in [2.75, 3.05) is 7.11 Å². The van der Waals surface area contributed by atoms with Gasteiger partial charge in [0.2, 0.25) is 0 Å². The maximum atomic E-state index is 10.6. The average molecular weight is 309 g/mol. The zero-order valence-corrected chi connectivity index (χ0v) is 9.52. The molecular weight excluding hydrogens is 301 g/mol. The highest BCUT2D eigenvalue weighted by molar-refractivity contribution is 14.1. The van der Waals surface area contributed by atoms with Crippen LogP contribution in [-0.4, -0.2) is 17.1 Å². The number of hydrogen-bond donors (Lipinski definition) is 1. The van der Waals surface area contributed by atoms with E-state index in [-0.39, 0.29) is 17.9 Å². The lowest BCUT2D eigenvalue weighted by atomic mass is 10.2. The topological polar surface area (TPSA) is 72.6 Å². The van der Waals surface area contributed by atoms with Crippen molar-refractivity contribution in [2.24, 2.45) is 0 Å². The summed E-state index contributed by atoms with van der Waals surface area (Å²) < 4.78 is 5.63. The predicted octanol–water partition coefficient (Wildman–Crippen LogP) is 1.70. The Labute approximate surface area is 94.0 Å². The molecule has 0 aliphatic rings. The number of hydrogen-bond acceptors (Lipinski definition) is 4. The van der Waals surface area contributed by atoms with Crippen LogP contribution in [0.3, 0.4) is 0 Å². The van der Waals surface area contributed by atoms with Gasteiger partial charge < -0.3 is 9.84 Å². The van der Waals surface area contributed by atoms with Crippen molar-refractivity contribution in [3.63, 3.8) is 0 Å². The summed E-state index contributed by atoms with van der Waals surface area (Å²) in [5, 5.41) is 19.5. The fourth-order valence-electron chi connectivity index (χ4n) is 1.04. The van der Waals surface area contributed by atoms with Gasteiger partial charge in [0.1, 0.15) is 5.75 Å². The third-order valence-corrected chi connectivity index (χ3v) is 2.56. The van der Waals surface area contributed by atoms with Crippen LogP contribution in [0, 0.1) is 13.7 Å². The third-order valence-electron chi connectivity index (χ3n) is 1.72. The SMILES string of the molecule is COc1cc(CO)c([N+](=O)[O-])cc1I. The fraction of sp³-hybridized carbons (Fsp3) is 0.250. The lowest BCUT2D eigenvalue weighted by Gasteiger charge is -2.05. The van der Waals surface area contributed by atoms with Crippen LogP contribution in [0.2, 0.25) is 0 Å². The van der Waals surface area contributed by atoms with Crippen LogP contribution < -0.4 is 4.74 Å². The summed E-state index contributed by atoms with van der Waals surface area (Å²) in [5.41, 5.74) is 0.171. The first-order chi connectivity index (χ1) is 6.60. The molecule has 0 saturated heterocycles. The summed E-state index contributed by atoms with van der Waals surface area (Å²) in [4.78, 5) is 10.1. The first-order valence-corrected chi connectivity index (χ1v) is 4.79. The maximum Gasteiger partial charge on any atom is 0.276 e. The lowest BCUT2D eigenvalue weighted by Crippen LogP contribution is -1.98. The molecule has 0 spiro atoms. The van der Waals surface area contributed by atoms with Crippen molar-refractivity contribution in [2.45, 2.75) is 6.61 Å². The quantitative estimate of drug-likeness (QED) is 0.524. The number of nitro groups is 1. The number of nitro benzene ring substituents is 1. The van der Waals surface area contributed by atoms with E-state index in [0.29, 0.717) is 9.32 Å². The van der Waals surface area contributed by atoms with E-state index in [0.717, 1.165) is 0 Å². The molecule has 0 unspecified atom stereocenters. The zero-order valence-electron chi connectivity index (χ0n) is 7.36. The van der Waals surface area contributed by atoms with Crippen molar-refractivity contribution in [1.29, 1.82) is 0 Å². The molecule has 0 heterocycles. The molecule has 0 bridgehead atoms. The molecular formula is C8H8INO4. The largest absolute Gasteiger partial charge is 0.496 e. The van der Waals surface area contributed by atoms with Crippen LogP contribution in [0.4, 0.5) is 5.69 Å². The minimum absolute atomic E-state index is 0.0855. The highest BCUT2D eigenvalue weighted by Gasteiger charge is 2.16. The fourth-order valence-corrected chi connectivity index (χ4v) is 1.71. The van der Waals surface area contributed by atoms with Gasteiger partial charge in [0, 0.05) is 6.07 Å². The highest BCUT2D eigenvalue weighted by atomic mass is 127. The molecule has 1 rings (SSSR count). The number of methoxy groups -OCH3 is 1. The van der Waals surface area contributed by atoms with E-state index >= 15 is 0 Å². The van der Waals surface area contributed by atoms with Gasteiger partial charge in [0.15, 0.2) is 0 Å². The van der Waals surface area contributed by atoms with Crippen molar-refractivity contribution < 1.29 is 14.8 Å². The summed E-state index contributed by atoms with van der Waals surface area (Å²) in [6.45, 7) is -0.371. The summed E-state index contributed by atoms with van der Waals surface area (Å²) >= 11 is 1.94. The van der Waals surface area contributed by atoms with E-state index in [1.54, 1.807) is 0 Å². The smallest absolute Gasteiger partial charge is 0.276 e. The van der Waals surface area contributed by atoms with Crippen LogP contribution in [0.5, 0.6) is 5.75 Å². The summed E-state index contributed by atoms with van der Waals surface area (Å²) in [7, 11) is 1.48. The number of rotatable bonds is 3. The van der Waals surface area contributed by atoms with E-state index in [1.165, 1.54) is 19.2 Å². The zero-order chi connectivity index (χ0) is 10.7. The molecule has 1 aromatic carbocycles. The Morgan fingerprint density at radius 1 is 1.64 bits per heavy atom. The molecule has 0 fully saturated rings. The second kappa shape index (κ2) is 4.56. The molecule has 1 N–H and O–H groups in total. The molecule has 0 saturated carbocycles. The molecule has 0 amide bonds. The number of aliphatic hydroxyl groups is 1. The van der Waals surface area contributed by atoms with Gasteiger partial charge >= 0.3 is 0 Å². The lowest BCUT2D eigenvalue weighted by molar-refractivity contribution is -0.385. The van der Waals surface area contributed by atoms with Crippen LogP contribution in [0.1, 0.15) is 5.56 Å². The van der Waals surface area contributed by atoms with E-state index < -0.39 is 4.92 Å². The van der Waals surface area contributed by atoms with Crippen LogP contribution in [0.15, 0.2) is 12.1 Å². The van der Waals surface area contributed by atoms with E-state index in [9.17, 15) is 10.1 Å². The molecule has 1 aromatic rings. The van der Waals surface area contributed by atoms with Crippen molar-refractivity contribution in [3.05, 3.63) is 31.4 Å². The molecule has 0 aliphatic carbocycles. The molecule has 6 heteroatoms. The second-order valence-electron chi connectivity index (χ2n) is 2.53. The normalized spacial score (nSPS) is 9.93. The summed E-state index contributed by atoms with van der Waals surface area (Å²) in [6, 6.07) is 2.85. The Hall–Kier alpha value is -0.890. The molecule has 0 radical (unpaired) electrons. The van der Waals surface area contributed by atoms with Crippen molar-refractivity contribution in [3.8, 4) is 5.75 Å². The van der Waals surface area contributed by atoms with E-state index in [1.807, 2.05) is 22.6 Å². The average Bonchev–Trinajstić information content (AvgIpc) is 2.17. The first-order valence-electron chi connectivity index (χ1n) is 3.71. The summed E-state index contributed by atoms with van der Waals surface area (Å²) in [5.74, 6) is 0.528. The molecule has 0 atom stereocenters. The van der Waals surface area contributed by atoms with Gasteiger partial charge in [-0.25, -0.2) is 0 Å². The van der Waals surface area contributed by atoms with E-state index in [4.69, 9.17) is 9.84 Å². The monoisotopic (exact) mass is 309 g/mol. The van der Waals surface area contributed by atoms with Gasteiger partial charge in [-0.15, -0.1) is 0 Å². The molecule has 14 heavy (non-hydrogen) atoms. The Morgan fingerprint density at radius 2 is 2.29 bits per heavy atom. The Kier molecular flexibility index (Phi) is 3.64. The van der Waals surface area contributed by atoms with Gasteiger partial charge in [-0.05, 0) is 28.7 Å². The summed E-state index contributed by atoms with van der Waals surface area (Å²) in [6.07, 6.45) is 0. The minimum atomic E-state index is -0.521. The molecule has 5 nitrogen and oxygen atoms in total.